The molecule has 0 unspecified atom stereocenters. The minimum Gasteiger partial charge on any atom is -0.451 e. The number of benzene rings is 2. The lowest BCUT2D eigenvalue weighted by Crippen LogP contribution is -1.95. The maximum Gasteiger partial charge on any atom is 0.198 e. The number of halogens is 3. The molecule has 0 radical (unpaired) electrons. The third kappa shape index (κ3) is 2.74. The van der Waals surface area contributed by atoms with Crippen LogP contribution in [0.1, 0.15) is 0 Å². The van der Waals surface area contributed by atoms with Gasteiger partial charge in [0, 0.05) is 22.3 Å². The zero-order valence-electron chi connectivity index (χ0n) is 8.58. The van der Waals surface area contributed by atoms with Gasteiger partial charge in [0.2, 0.25) is 0 Å². The minimum absolute atomic E-state index is 0.0168. The number of ether oxygens (including phenoxy) is 1. The van der Waals surface area contributed by atoms with E-state index in [1.165, 1.54) is 0 Å². The number of hydrogen-bond donors (Lipinski definition) is 1. The highest BCUT2D eigenvalue weighted by molar-refractivity contribution is 9.10. The van der Waals surface area contributed by atoms with Crippen molar-refractivity contribution in [2.75, 3.05) is 5.73 Å². The molecule has 0 aliphatic carbocycles. The summed E-state index contributed by atoms with van der Waals surface area (Å²) in [6.07, 6.45) is 0. The van der Waals surface area contributed by atoms with E-state index in [4.69, 9.17) is 10.5 Å². The Hall–Kier alpha value is -1.62. The number of anilines is 1. The topological polar surface area (TPSA) is 35.2 Å². The van der Waals surface area contributed by atoms with E-state index in [-0.39, 0.29) is 5.69 Å². The smallest absolute Gasteiger partial charge is 0.198 e. The van der Waals surface area contributed by atoms with Crippen LogP contribution in [-0.4, -0.2) is 0 Å². The first-order chi connectivity index (χ1) is 8.06. The summed E-state index contributed by atoms with van der Waals surface area (Å²) < 4.78 is 32.8. The molecule has 17 heavy (non-hydrogen) atoms. The van der Waals surface area contributed by atoms with Crippen molar-refractivity contribution in [2.45, 2.75) is 0 Å². The van der Waals surface area contributed by atoms with Crippen LogP contribution >= 0.6 is 15.9 Å². The van der Waals surface area contributed by atoms with E-state index in [2.05, 4.69) is 15.9 Å². The molecule has 0 aromatic heterocycles. The summed E-state index contributed by atoms with van der Waals surface area (Å²) in [5.41, 5.74) is 5.32. The second kappa shape index (κ2) is 4.71. The fraction of sp³-hybridized carbons (Fsp3) is 0. The van der Waals surface area contributed by atoms with Crippen molar-refractivity contribution in [2.24, 2.45) is 0 Å². The highest BCUT2D eigenvalue weighted by Gasteiger charge is 2.12. The van der Waals surface area contributed by atoms with Crippen molar-refractivity contribution < 1.29 is 13.5 Å². The van der Waals surface area contributed by atoms with E-state index in [1.54, 1.807) is 24.3 Å². The first-order valence-electron chi connectivity index (χ1n) is 4.74. The van der Waals surface area contributed by atoms with E-state index in [9.17, 15) is 8.78 Å². The standard InChI is InChI=1S/C12H8BrF2NO/c13-7-1-3-9(4-2-7)17-12-10(14)5-8(16)6-11(12)15/h1-6H,16H2. The van der Waals surface area contributed by atoms with Crippen LogP contribution in [0.2, 0.25) is 0 Å². The lowest BCUT2D eigenvalue weighted by atomic mass is 10.2. The molecular formula is C12H8BrF2NO. The molecule has 2 aromatic carbocycles. The van der Waals surface area contributed by atoms with Gasteiger partial charge < -0.3 is 10.5 Å². The zero-order valence-corrected chi connectivity index (χ0v) is 10.2. The van der Waals surface area contributed by atoms with Crippen LogP contribution in [0, 0.1) is 11.6 Å². The van der Waals surface area contributed by atoms with E-state index >= 15 is 0 Å². The molecule has 2 N–H and O–H groups in total. The fourth-order valence-corrected chi connectivity index (χ4v) is 1.56. The highest BCUT2D eigenvalue weighted by Crippen LogP contribution is 2.29. The van der Waals surface area contributed by atoms with E-state index in [0.717, 1.165) is 16.6 Å². The number of nitrogens with two attached hydrogens (primary N) is 1. The molecule has 0 bridgehead atoms. The molecule has 0 saturated carbocycles. The highest BCUT2D eigenvalue weighted by atomic mass is 79.9. The van der Waals surface area contributed by atoms with Gasteiger partial charge in [0.25, 0.3) is 0 Å². The first kappa shape index (κ1) is 11.9. The van der Waals surface area contributed by atoms with Crippen molar-refractivity contribution in [3.63, 3.8) is 0 Å². The molecule has 0 fully saturated rings. The van der Waals surface area contributed by atoms with Gasteiger partial charge in [-0.3, -0.25) is 0 Å². The molecule has 0 heterocycles. The largest absolute Gasteiger partial charge is 0.451 e. The van der Waals surface area contributed by atoms with Crippen molar-refractivity contribution in [1.29, 1.82) is 0 Å². The minimum atomic E-state index is -0.828. The van der Waals surface area contributed by atoms with Gasteiger partial charge in [-0.15, -0.1) is 0 Å². The van der Waals surface area contributed by atoms with Crippen molar-refractivity contribution in [3.05, 3.63) is 52.5 Å². The van der Waals surface area contributed by atoms with Crippen LogP contribution in [0.25, 0.3) is 0 Å². The summed E-state index contributed by atoms with van der Waals surface area (Å²) in [6.45, 7) is 0. The molecule has 0 saturated heterocycles. The summed E-state index contributed by atoms with van der Waals surface area (Å²) in [5.74, 6) is -1.77. The Morgan fingerprint density at radius 2 is 1.53 bits per heavy atom. The Bertz CT molecular complexity index is 520. The van der Waals surface area contributed by atoms with Gasteiger partial charge in [-0.2, -0.15) is 0 Å². The molecule has 2 aromatic rings. The van der Waals surface area contributed by atoms with Gasteiger partial charge in [0.15, 0.2) is 17.4 Å². The molecule has 2 nitrogen and oxygen atoms in total. The van der Waals surface area contributed by atoms with E-state index < -0.39 is 17.4 Å². The normalized spacial score (nSPS) is 10.3. The Kier molecular flexibility index (Phi) is 3.28. The number of nitrogen functional groups attached to an aromatic ring is 1. The Balaban J connectivity index is 2.33. The predicted molar refractivity (Wildman–Crippen MR) is 65.0 cm³/mol. The Morgan fingerprint density at radius 1 is 1.00 bits per heavy atom. The Morgan fingerprint density at radius 3 is 2.06 bits per heavy atom. The van der Waals surface area contributed by atoms with Crippen LogP contribution in [0.15, 0.2) is 40.9 Å². The van der Waals surface area contributed by atoms with Gasteiger partial charge in [0.1, 0.15) is 5.75 Å². The monoisotopic (exact) mass is 299 g/mol. The average Bonchev–Trinajstić information content (AvgIpc) is 2.26. The molecule has 0 amide bonds. The van der Waals surface area contributed by atoms with Crippen LogP contribution < -0.4 is 10.5 Å². The van der Waals surface area contributed by atoms with Gasteiger partial charge in [0.05, 0.1) is 0 Å². The predicted octanol–water partition coefficient (Wildman–Crippen LogP) is 4.10. The van der Waals surface area contributed by atoms with Crippen LogP contribution in [0.4, 0.5) is 14.5 Å². The molecular weight excluding hydrogens is 292 g/mol. The number of hydrogen-bond acceptors (Lipinski definition) is 2. The molecule has 0 aliphatic rings. The molecule has 5 heteroatoms. The van der Waals surface area contributed by atoms with Crippen LogP contribution in [0.3, 0.4) is 0 Å². The number of rotatable bonds is 2. The van der Waals surface area contributed by atoms with Crippen molar-refractivity contribution in [1.82, 2.24) is 0 Å². The summed E-state index contributed by atoms with van der Waals surface area (Å²) in [6, 6.07) is 8.64. The maximum atomic E-state index is 13.4. The molecule has 0 spiro atoms. The molecule has 2 rings (SSSR count). The Labute approximate surface area is 105 Å². The third-order valence-electron chi connectivity index (χ3n) is 2.05. The average molecular weight is 300 g/mol. The first-order valence-corrected chi connectivity index (χ1v) is 5.53. The third-order valence-corrected chi connectivity index (χ3v) is 2.58. The summed E-state index contributed by atoms with van der Waals surface area (Å²) in [4.78, 5) is 0. The summed E-state index contributed by atoms with van der Waals surface area (Å²) in [7, 11) is 0. The maximum absolute atomic E-state index is 13.4. The van der Waals surface area contributed by atoms with E-state index in [0.29, 0.717) is 5.75 Å². The zero-order chi connectivity index (χ0) is 12.4. The lowest BCUT2D eigenvalue weighted by molar-refractivity contribution is 0.408. The van der Waals surface area contributed by atoms with Crippen molar-refractivity contribution >= 4 is 21.6 Å². The van der Waals surface area contributed by atoms with Crippen molar-refractivity contribution in [3.8, 4) is 11.5 Å². The summed E-state index contributed by atoms with van der Waals surface area (Å²) >= 11 is 3.25. The molecule has 0 atom stereocenters. The second-order valence-electron chi connectivity index (χ2n) is 3.37. The fourth-order valence-electron chi connectivity index (χ4n) is 1.30. The van der Waals surface area contributed by atoms with E-state index in [1.807, 2.05) is 0 Å². The molecule has 88 valence electrons. The van der Waals surface area contributed by atoms with Crippen LogP contribution in [0.5, 0.6) is 11.5 Å². The van der Waals surface area contributed by atoms with Gasteiger partial charge in [-0.1, -0.05) is 15.9 Å². The SMILES string of the molecule is Nc1cc(F)c(Oc2ccc(Br)cc2)c(F)c1. The lowest BCUT2D eigenvalue weighted by Gasteiger charge is -2.08. The quantitative estimate of drug-likeness (QED) is 0.847. The summed E-state index contributed by atoms with van der Waals surface area (Å²) in [5, 5.41) is 0. The van der Waals surface area contributed by atoms with Crippen LogP contribution in [-0.2, 0) is 0 Å². The second-order valence-corrected chi connectivity index (χ2v) is 4.29. The van der Waals surface area contributed by atoms with Gasteiger partial charge in [-0.25, -0.2) is 8.78 Å². The van der Waals surface area contributed by atoms with Gasteiger partial charge >= 0.3 is 0 Å². The molecule has 0 aliphatic heterocycles. The van der Waals surface area contributed by atoms with Gasteiger partial charge in [-0.05, 0) is 24.3 Å².